The van der Waals surface area contributed by atoms with Crippen molar-refractivity contribution in [1.29, 1.82) is 0 Å². The molecule has 4 amide bonds. The molecule has 29 heavy (non-hydrogen) atoms. The highest BCUT2D eigenvalue weighted by atomic mass is 16.5. The van der Waals surface area contributed by atoms with Crippen molar-refractivity contribution < 1.29 is 19.1 Å². The molecule has 0 bridgehead atoms. The van der Waals surface area contributed by atoms with E-state index in [1.807, 2.05) is 43.3 Å². The minimum atomic E-state index is -0.949. The number of ether oxygens (including phenoxy) is 1. The first kappa shape index (κ1) is 20.3. The topological polar surface area (TPSA) is 100 Å². The van der Waals surface area contributed by atoms with Crippen LogP contribution in [0.3, 0.4) is 0 Å². The zero-order valence-electron chi connectivity index (χ0n) is 16.7. The van der Waals surface area contributed by atoms with Gasteiger partial charge in [-0.05, 0) is 37.6 Å². The second-order valence-electron chi connectivity index (χ2n) is 7.19. The first-order valence-corrected chi connectivity index (χ1v) is 9.44. The Morgan fingerprint density at radius 3 is 2.69 bits per heavy atom. The summed E-state index contributed by atoms with van der Waals surface area (Å²) in [6, 6.07) is 11.2. The summed E-state index contributed by atoms with van der Waals surface area (Å²) in [5, 5.41) is 8.61. The van der Waals surface area contributed by atoms with Crippen molar-refractivity contribution in [3.63, 3.8) is 0 Å². The average molecular weight is 396 g/mol. The Labute approximate surface area is 168 Å². The Balaban J connectivity index is 1.65. The van der Waals surface area contributed by atoms with E-state index in [2.05, 4.69) is 15.8 Å². The van der Waals surface area contributed by atoms with Crippen LogP contribution in [0.5, 0.6) is 5.75 Å². The fourth-order valence-corrected chi connectivity index (χ4v) is 3.15. The van der Waals surface area contributed by atoms with Gasteiger partial charge in [0.2, 0.25) is 5.91 Å². The minimum Gasteiger partial charge on any atom is -0.493 e. The number of hydrogen-bond acceptors (Lipinski definition) is 5. The molecule has 1 heterocycles. The second-order valence-corrected chi connectivity index (χ2v) is 7.19. The Morgan fingerprint density at radius 2 is 2.00 bits per heavy atom. The smallest absolute Gasteiger partial charge is 0.325 e. The molecule has 0 unspecified atom stereocenters. The summed E-state index contributed by atoms with van der Waals surface area (Å²) in [7, 11) is 0. The van der Waals surface area contributed by atoms with E-state index in [0.717, 1.165) is 21.2 Å². The maximum absolute atomic E-state index is 12.1. The number of fused-ring (bicyclic) bond motifs is 1. The van der Waals surface area contributed by atoms with E-state index in [9.17, 15) is 14.4 Å². The van der Waals surface area contributed by atoms with Crippen LogP contribution in [0.4, 0.5) is 4.79 Å². The summed E-state index contributed by atoms with van der Waals surface area (Å²) in [4.78, 5) is 37.2. The van der Waals surface area contributed by atoms with E-state index in [-0.39, 0.29) is 18.9 Å². The molecule has 2 aromatic rings. The first-order valence-electron chi connectivity index (χ1n) is 9.44. The quantitative estimate of drug-likeness (QED) is 0.426. The predicted molar refractivity (Wildman–Crippen MR) is 110 cm³/mol. The van der Waals surface area contributed by atoms with Crippen molar-refractivity contribution in [2.75, 3.05) is 13.2 Å². The second kappa shape index (κ2) is 8.30. The molecule has 8 nitrogen and oxygen atoms in total. The van der Waals surface area contributed by atoms with Crippen LogP contribution in [-0.2, 0) is 9.59 Å². The van der Waals surface area contributed by atoms with Gasteiger partial charge in [0.1, 0.15) is 11.3 Å². The van der Waals surface area contributed by atoms with Crippen LogP contribution in [0.1, 0.15) is 32.8 Å². The van der Waals surface area contributed by atoms with E-state index in [1.165, 1.54) is 0 Å². The van der Waals surface area contributed by atoms with Gasteiger partial charge in [-0.3, -0.25) is 14.5 Å². The largest absolute Gasteiger partial charge is 0.493 e. The molecule has 0 radical (unpaired) electrons. The van der Waals surface area contributed by atoms with Crippen molar-refractivity contribution in [2.24, 2.45) is 5.10 Å². The van der Waals surface area contributed by atoms with Gasteiger partial charge in [0.15, 0.2) is 0 Å². The Kier molecular flexibility index (Phi) is 5.81. The fraction of sp³-hybridized carbons (Fsp3) is 0.333. The molecular formula is C21H24N4O4. The summed E-state index contributed by atoms with van der Waals surface area (Å²) in [5.74, 6) is -0.0774. The molecule has 8 heteroatoms. The molecule has 0 aliphatic carbocycles. The van der Waals surface area contributed by atoms with Crippen LogP contribution in [0.25, 0.3) is 10.8 Å². The highest BCUT2D eigenvalue weighted by Crippen LogP contribution is 2.26. The number of hydrogen-bond donors (Lipinski definition) is 2. The molecule has 1 fully saturated rings. The normalized spacial score (nSPS) is 15.8. The van der Waals surface area contributed by atoms with E-state index >= 15 is 0 Å². The van der Waals surface area contributed by atoms with Crippen LogP contribution in [0.2, 0.25) is 0 Å². The number of carbonyl (C=O) groups is 3. The molecule has 1 aliphatic rings. The maximum atomic E-state index is 12.1. The van der Waals surface area contributed by atoms with Crippen molar-refractivity contribution in [3.8, 4) is 5.75 Å². The van der Waals surface area contributed by atoms with Crippen LogP contribution in [0.15, 0.2) is 41.5 Å². The third kappa shape index (κ3) is 4.37. The van der Waals surface area contributed by atoms with Gasteiger partial charge in [-0.1, -0.05) is 30.3 Å². The van der Waals surface area contributed by atoms with Gasteiger partial charge in [-0.2, -0.15) is 5.10 Å². The standard InChI is InChI=1S/C21H24N4O4/c1-4-29-17-10-9-14-7-5-6-8-15(14)16(17)13-22-24-18(26)11-12-25-19(27)21(2,3)23-20(25)28/h5-10,13H,4,11-12H2,1-3H3,(H,23,28)(H,24,26)/b22-13-. The summed E-state index contributed by atoms with van der Waals surface area (Å²) >= 11 is 0. The van der Waals surface area contributed by atoms with Gasteiger partial charge in [0.25, 0.3) is 5.91 Å². The molecule has 0 spiro atoms. The number of amides is 4. The number of carbonyl (C=O) groups excluding carboxylic acids is 3. The lowest BCUT2D eigenvalue weighted by Crippen LogP contribution is -2.40. The number of urea groups is 1. The molecule has 3 rings (SSSR count). The van der Waals surface area contributed by atoms with Gasteiger partial charge in [0, 0.05) is 18.5 Å². The Morgan fingerprint density at radius 1 is 1.24 bits per heavy atom. The maximum Gasteiger partial charge on any atom is 0.325 e. The lowest BCUT2D eigenvalue weighted by molar-refractivity contribution is -0.130. The molecule has 2 aromatic carbocycles. The Hall–Kier alpha value is -3.42. The number of nitrogens with one attached hydrogen (secondary N) is 2. The lowest BCUT2D eigenvalue weighted by Gasteiger charge is -2.15. The molecule has 1 aliphatic heterocycles. The number of hydrazone groups is 1. The molecule has 1 saturated heterocycles. The molecule has 0 saturated carbocycles. The van der Waals surface area contributed by atoms with Gasteiger partial charge >= 0.3 is 6.03 Å². The number of rotatable bonds is 7. The molecule has 152 valence electrons. The van der Waals surface area contributed by atoms with Gasteiger partial charge in [-0.15, -0.1) is 0 Å². The summed E-state index contributed by atoms with van der Waals surface area (Å²) < 4.78 is 5.67. The zero-order chi connectivity index (χ0) is 21.0. The van der Waals surface area contributed by atoms with E-state index in [0.29, 0.717) is 12.4 Å². The summed E-state index contributed by atoms with van der Waals surface area (Å²) in [5.41, 5.74) is 2.26. The number of nitrogens with zero attached hydrogens (tertiary/aromatic N) is 2. The third-order valence-corrected chi connectivity index (χ3v) is 4.62. The Bertz CT molecular complexity index is 984. The number of imide groups is 1. The molecular weight excluding hydrogens is 372 g/mol. The SMILES string of the molecule is CCOc1ccc2ccccc2c1/C=N\NC(=O)CCN1C(=O)NC(C)(C)C1=O. The van der Waals surface area contributed by atoms with E-state index in [1.54, 1.807) is 20.1 Å². The first-order chi connectivity index (χ1) is 13.8. The molecule has 0 atom stereocenters. The van der Waals surface area contributed by atoms with E-state index in [4.69, 9.17) is 4.74 Å². The lowest BCUT2D eigenvalue weighted by atomic mass is 10.0. The molecule has 2 N–H and O–H groups in total. The highest BCUT2D eigenvalue weighted by Gasteiger charge is 2.43. The van der Waals surface area contributed by atoms with Crippen molar-refractivity contribution >= 4 is 34.8 Å². The minimum absolute atomic E-state index is 0.00604. The summed E-state index contributed by atoms with van der Waals surface area (Å²) in [6.45, 7) is 5.65. The van der Waals surface area contributed by atoms with Crippen LogP contribution in [-0.4, -0.2) is 47.7 Å². The van der Waals surface area contributed by atoms with Crippen molar-refractivity contribution in [2.45, 2.75) is 32.7 Å². The molecule has 0 aromatic heterocycles. The van der Waals surface area contributed by atoms with Crippen LogP contribution >= 0.6 is 0 Å². The monoisotopic (exact) mass is 396 g/mol. The van der Waals surface area contributed by atoms with E-state index < -0.39 is 17.5 Å². The van der Waals surface area contributed by atoms with Crippen LogP contribution in [0, 0.1) is 0 Å². The van der Waals surface area contributed by atoms with Crippen molar-refractivity contribution in [1.82, 2.24) is 15.6 Å². The van der Waals surface area contributed by atoms with Crippen LogP contribution < -0.4 is 15.5 Å². The predicted octanol–water partition coefficient (Wildman–Crippen LogP) is 2.41. The number of benzene rings is 2. The fourth-order valence-electron chi connectivity index (χ4n) is 3.15. The average Bonchev–Trinajstić information content (AvgIpc) is 2.88. The highest BCUT2D eigenvalue weighted by molar-refractivity contribution is 6.06. The van der Waals surface area contributed by atoms with Crippen molar-refractivity contribution in [3.05, 3.63) is 42.0 Å². The van der Waals surface area contributed by atoms with Gasteiger partial charge < -0.3 is 10.1 Å². The van der Waals surface area contributed by atoms with Gasteiger partial charge in [-0.25, -0.2) is 10.2 Å². The van der Waals surface area contributed by atoms with Gasteiger partial charge in [0.05, 0.1) is 12.8 Å². The summed E-state index contributed by atoms with van der Waals surface area (Å²) in [6.07, 6.45) is 1.50. The zero-order valence-corrected chi connectivity index (χ0v) is 16.7. The third-order valence-electron chi connectivity index (χ3n) is 4.62.